The fraction of sp³-hybridized carbons (Fsp3) is 0.409. The number of allylic oxidation sites excluding steroid dienone is 11. The molecule has 0 radical (unpaired) electrons. The van der Waals surface area contributed by atoms with Crippen molar-refractivity contribution in [3.05, 3.63) is 72.9 Å². The molecule has 24 heavy (non-hydrogen) atoms. The highest BCUT2D eigenvalue weighted by Crippen LogP contribution is 2.08. The van der Waals surface area contributed by atoms with Crippen molar-refractivity contribution in [2.75, 3.05) is 0 Å². The number of carbonyl (C=O) groups is 1. The van der Waals surface area contributed by atoms with E-state index in [4.69, 9.17) is 5.11 Å². The number of carboxylic acid groups (broad SMARTS) is 1. The van der Waals surface area contributed by atoms with Gasteiger partial charge in [-0.05, 0) is 12.8 Å². The first-order valence-electron chi connectivity index (χ1n) is 9.00. The summed E-state index contributed by atoms with van der Waals surface area (Å²) in [4.78, 5) is 10.2. The first-order chi connectivity index (χ1) is 11.8. The van der Waals surface area contributed by atoms with Crippen molar-refractivity contribution >= 4 is 5.97 Å². The average molecular weight is 328 g/mol. The van der Waals surface area contributed by atoms with E-state index < -0.39 is 5.97 Å². The minimum Gasteiger partial charge on any atom is -0.478 e. The van der Waals surface area contributed by atoms with Crippen LogP contribution in [0.4, 0.5) is 0 Å². The Hall–Kier alpha value is -2.09. The van der Waals surface area contributed by atoms with E-state index in [9.17, 15) is 4.79 Å². The van der Waals surface area contributed by atoms with Crippen LogP contribution >= 0.6 is 0 Å². The number of carboxylic acids is 1. The van der Waals surface area contributed by atoms with Crippen LogP contribution in [0, 0.1) is 0 Å². The van der Waals surface area contributed by atoms with Crippen LogP contribution in [0.1, 0.15) is 58.3 Å². The molecule has 2 nitrogen and oxygen atoms in total. The van der Waals surface area contributed by atoms with Gasteiger partial charge in [0.25, 0.3) is 0 Å². The SMILES string of the molecule is CCCCCCCCC/C=C/C=C/C=C\C=C/C=C\C=C\C(=O)O. The van der Waals surface area contributed by atoms with Gasteiger partial charge in [0.2, 0.25) is 0 Å². The molecule has 0 bridgehead atoms. The Balaban J connectivity index is 3.57. The second kappa shape index (κ2) is 19.0. The smallest absolute Gasteiger partial charge is 0.328 e. The molecule has 0 saturated heterocycles. The summed E-state index contributed by atoms with van der Waals surface area (Å²) in [6.45, 7) is 2.25. The molecular weight excluding hydrogens is 296 g/mol. The molecule has 0 rings (SSSR count). The van der Waals surface area contributed by atoms with E-state index in [0.29, 0.717) is 0 Å². The predicted octanol–water partition coefficient (Wildman–Crippen LogP) is 6.55. The van der Waals surface area contributed by atoms with E-state index in [1.165, 1.54) is 51.0 Å². The molecule has 0 aliphatic heterocycles. The summed E-state index contributed by atoms with van der Waals surface area (Å²) in [5.74, 6) is -0.936. The zero-order valence-electron chi connectivity index (χ0n) is 14.9. The van der Waals surface area contributed by atoms with Crippen LogP contribution in [0.25, 0.3) is 0 Å². The molecule has 132 valence electrons. The van der Waals surface area contributed by atoms with Gasteiger partial charge < -0.3 is 5.11 Å². The Morgan fingerprint density at radius 2 is 1.12 bits per heavy atom. The Morgan fingerprint density at radius 3 is 1.67 bits per heavy atom. The summed E-state index contributed by atoms with van der Waals surface area (Å²) in [5.41, 5.74) is 0. The molecule has 0 fully saturated rings. The molecule has 0 aromatic carbocycles. The minimum atomic E-state index is -0.936. The normalized spacial score (nSPS) is 13.0. The van der Waals surface area contributed by atoms with E-state index in [1.807, 2.05) is 36.5 Å². The van der Waals surface area contributed by atoms with Gasteiger partial charge in [-0.1, -0.05) is 112 Å². The van der Waals surface area contributed by atoms with Crippen LogP contribution in [-0.2, 0) is 4.79 Å². The summed E-state index contributed by atoms with van der Waals surface area (Å²) < 4.78 is 0. The van der Waals surface area contributed by atoms with Crippen molar-refractivity contribution < 1.29 is 9.90 Å². The lowest BCUT2D eigenvalue weighted by molar-refractivity contribution is -0.131. The molecule has 0 aromatic rings. The van der Waals surface area contributed by atoms with E-state index in [-0.39, 0.29) is 0 Å². The number of hydrogen-bond donors (Lipinski definition) is 1. The molecule has 0 aliphatic carbocycles. The zero-order valence-corrected chi connectivity index (χ0v) is 14.9. The highest BCUT2D eigenvalue weighted by Gasteiger charge is 1.88. The number of hydrogen-bond acceptors (Lipinski definition) is 1. The third-order valence-electron chi connectivity index (χ3n) is 3.35. The fourth-order valence-corrected chi connectivity index (χ4v) is 2.05. The highest BCUT2D eigenvalue weighted by molar-refractivity contribution is 5.80. The second-order valence-electron chi connectivity index (χ2n) is 5.58. The summed E-state index contributed by atoms with van der Waals surface area (Å²) in [7, 11) is 0. The molecule has 0 heterocycles. The van der Waals surface area contributed by atoms with Gasteiger partial charge in [-0.25, -0.2) is 4.79 Å². The Morgan fingerprint density at radius 1 is 0.667 bits per heavy atom. The van der Waals surface area contributed by atoms with E-state index in [2.05, 4.69) is 19.1 Å². The van der Waals surface area contributed by atoms with Crippen LogP contribution in [0.15, 0.2) is 72.9 Å². The lowest BCUT2D eigenvalue weighted by Gasteiger charge is -1.98. The van der Waals surface area contributed by atoms with E-state index in [1.54, 1.807) is 12.2 Å². The summed E-state index contributed by atoms with van der Waals surface area (Å²) in [6.07, 6.45) is 32.7. The molecule has 0 saturated carbocycles. The van der Waals surface area contributed by atoms with Crippen LogP contribution in [0.5, 0.6) is 0 Å². The van der Waals surface area contributed by atoms with Gasteiger partial charge in [-0.2, -0.15) is 0 Å². The average Bonchev–Trinajstić information content (AvgIpc) is 2.56. The van der Waals surface area contributed by atoms with Crippen molar-refractivity contribution in [1.82, 2.24) is 0 Å². The maximum Gasteiger partial charge on any atom is 0.328 e. The Kier molecular flexibility index (Phi) is 17.3. The lowest BCUT2D eigenvalue weighted by atomic mass is 10.1. The Bertz CT molecular complexity index is 462. The van der Waals surface area contributed by atoms with Gasteiger partial charge in [-0.15, -0.1) is 0 Å². The minimum absolute atomic E-state index is 0.936. The van der Waals surface area contributed by atoms with Crippen LogP contribution < -0.4 is 0 Å². The predicted molar refractivity (Wildman–Crippen MR) is 105 cm³/mol. The number of aliphatic carboxylic acids is 1. The van der Waals surface area contributed by atoms with Crippen molar-refractivity contribution in [3.8, 4) is 0 Å². The molecule has 2 heteroatoms. The first-order valence-corrected chi connectivity index (χ1v) is 9.00. The molecule has 0 atom stereocenters. The molecule has 0 aliphatic rings. The van der Waals surface area contributed by atoms with Crippen molar-refractivity contribution in [1.29, 1.82) is 0 Å². The van der Waals surface area contributed by atoms with Crippen LogP contribution in [0.2, 0.25) is 0 Å². The van der Waals surface area contributed by atoms with Gasteiger partial charge in [0, 0.05) is 6.08 Å². The quantitative estimate of drug-likeness (QED) is 0.223. The van der Waals surface area contributed by atoms with Crippen LogP contribution in [-0.4, -0.2) is 11.1 Å². The topological polar surface area (TPSA) is 37.3 Å². The van der Waals surface area contributed by atoms with E-state index in [0.717, 1.165) is 12.5 Å². The van der Waals surface area contributed by atoms with Gasteiger partial charge in [0.05, 0.1) is 0 Å². The van der Waals surface area contributed by atoms with Crippen LogP contribution in [0.3, 0.4) is 0 Å². The van der Waals surface area contributed by atoms with Gasteiger partial charge >= 0.3 is 5.97 Å². The molecule has 1 N–H and O–H groups in total. The zero-order chi connectivity index (χ0) is 17.7. The Labute approximate surface area is 147 Å². The molecular formula is C22H32O2. The van der Waals surface area contributed by atoms with Gasteiger partial charge in [0.15, 0.2) is 0 Å². The van der Waals surface area contributed by atoms with Crippen molar-refractivity contribution in [2.45, 2.75) is 58.3 Å². The monoisotopic (exact) mass is 328 g/mol. The van der Waals surface area contributed by atoms with Crippen molar-refractivity contribution in [2.24, 2.45) is 0 Å². The second-order valence-corrected chi connectivity index (χ2v) is 5.58. The summed E-state index contributed by atoms with van der Waals surface area (Å²) >= 11 is 0. The lowest BCUT2D eigenvalue weighted by Crippen LogP contribution is -1.84. The maximum atomic E-state index is 10.2. The fourth-order valence-electron chi connectivity index (χ4n) is 2.05. The molecule has 0 unspecified atom stereocenters. The van der Waals surface area contributed by atoms with E-state index >= 15 is 0 Å². The van der Waals surface area contributed by atoms with Gasteiger partial charge in [0.1, 0.15) is 0 Å². The number of unbranched alkanes of at least 4 members (excludes halogenated alkanes) is 7. The van der Waals surface area contributed by atoms with Crippen molar-refractivity contribution in [3.63, 3.8) is 0 Å². The number of rotatable bonds is 14. The molecule has 0 spiro atoms. The third kappa shape index (κ3) is 19.9. The largest absolute Gasteiger partial charge is 0.478 e. The first kappa shape index (κ1) is 21.9. The maximum absolute atomic E-state index is 10.2. The summed E-state index contributed by atoms with van der Waals surface area (Å²) in [5, 5.41) is 8.39. The third-order valence-corrected chi connectivity index (χ3v) is 3.35. The highest BCUT2D eigenvalue weighted by atomic mass is 16.4. The summed E-state index contributed by atoms with van der Waals surface area (Å²) in [6, 6.07) is 0. The molecule has 0 amide bonds. The molecule has 0 aromatic heterocycles. The van der Waals surface area contributed by atoms with Gasteiger partial charge in [-0.3, -0.25) is 0 Å². The standard InChI is InChI=1S/C22H32O2/c1-2-3-4-5-6-7-8-9-10-11-12-13-14-15-16-17-18-19-20-21-22(23)24/h10-21H,2-9H2,1H3,(H,23,24)/b11-10+,13-12+,15-14-,17-16-,19-18-,21-20+.